The maximum absolute atomic E-state index is 6.21. The van der Waals surface area contributed by atoms with Gasteiger partial charge in [0.1, 0.15) is 0 Å². The number of aromatic nitrogens is 3. The van der Waals surface area contributed by atoms with Gasteiger partial charge >= 0.3 is 0 Å². The van der Waals surface area contributed by atoms with Crippen LogP contribution in [0.4, 0.5) is 0 Å². The summed E-state index contributed by atoms with van der Waals surface area (Å²) in [5, 5.41) is 12.2. The third kappa shape index (κ3) is 3.84. The molecule has 0 saturated heterocycles. The standard InChI is InChI=1S/C18H16Cl2N4O3S/c1-25-13-7-11(8-14(26-2)16(13)27-3)17-22-23-18(28)24(17)21-9-10-5-4-6-12(19)15(10)20/h4-9H,1-3H3,(H,23,28)/b21-9-. The first kappa shape index (κ1) is 20.2. The number of hydrogen-bond donors (Lipinski definition) is 1. The van der Waals surface area contributed by atoms with E-state index in [4.69, 9.17) is 49.6 Å². The van der Waals surface area contributed by atoms with Gasteiger partial charge in [-0.3, -0.25) is 0 Å². The highest BCUT2D eigenvalue weighted by molar-refractivity contribution is 7.71. The van der Waals surface area contributed by atoms with E-state index in [9.17, 15) is 0 Å². The van der Waals surface area contributed by atoms with Crippen molar-refractivity contribution in [1.29, 1.82) is 0 Å². The highest BCUT2D eigenvalue weighted by Crippen LogP contribution is 2.40. The van der Waals surface area contributed by atoms with Crippen molar-refractivity contribution in [2.24, 2.45) is 5.10 Å². The molecule has 0 radical (unpaired) electrons. The highest BCUT2D eigenvalue weighted by atomic mass is 35.5. The highest BCUT2D eigenvalue weighted by Gasteiger charge is 2.17. The molecule has 3 rings (SSSR count). The summed E-state index contributed by atoms with van der Waals surface area (Å²) >= 11 is 17.6. The minimum Gasteiger partial charge on any atom is -0.493 e. The van der Waals surface area contributed by atoms with Gasteiger partial charge in [0.25, 0.3) is 0 Å². The summed E-state index contributed by atoms with van der Waals surface area (Å²) in [5.41, 5.74) is 1.31. The molecule has 7 nitrogen and oxygen atoms in total. The zero-order valence-corrected chi connectivity index (χ0v) is 17.5. The van der Waals surface area contributed by atoms with Gasteiger partial charge in [0, 0.05) is 11.1 Å². The predicted molar refractivity (Wildman–Crippen MR) is 112 cm³/mol. The summed E-state index contributed by atoms with van der Waals surface area (Å²) in [4.78, 5) is 0. The molecule has 0 amide bonds. The summed E-state index contributed by atoms with van der Waals surface area (Å²) < 4.78 is 17.9. The fourth-order valence-electron chi connectivity index (χ4n) is 2.54. The average Bonchev–Trinajstić information content (AvgIpc) is 3.08. The van der Waals surface area contributed by atoms with Gasteiger partial charge in [-0.2, -0.15) is 14.9 Å². The number of rotatable bonds is 6. The van der Waals surface area contributed by atoms with Crippen molar-refractivity contribution in [3.8, 4) is 28.6 Å². The van der Waals surface area contributed by atoms with E-state index in [1.54, 1.807) is 36.5 Å². The third-order valence-corrected chi connectivity index (χ3v) is 4.96. The van der Waals surface area contributed by atoms with Crippen molar-refractivity contribution in [1.82, 2.24) is 14.9 Å². The van der Waals surface area contributed by atoms with Crippen LogP contribution in [0.15, 0.2) is 35.4 Å². The lowest BCUT2D eigenvalue weighted by Gasteiger charge is -2.13. The molecule has 1 aromatic heterocycles. The van der Waals surface area contributed by atoms with E-state index in [1.807, 2.05) is 0 Å². The molecule has 0 atom stereocenters. The lowest BCUT2D eigenvalue weighted by molar-refractivity contribution is 0.324. The molecule has 0 aliphatic rings. The van der Waals surface area contributed by atoms with Gasteiger partial charge in [0.15, 0.2) is 17.3 Å². The number of ether oxygens (including phenoxy) is 3. The quantitative estimate of drug-likeness (QED) is 0.440. The zero-order valence-electron chi connectivity index (χ0n) is 15.2. The Morgan fingerprint density at radius 2 is 1.79 bits per heavy atom. The first-order chi connectivity index (χ1) is 13.5. The Morgan fingerprint density at radius 3 is 2.39 bits per heavy atom. The van der Waals surface area contributed by atoms with E-state index >= 15 is 0 Å². The molecule has 1 N–H and O–H groups in total. The van der Waals surface area contributed by atoms with Gasteiger partial charge in [-0.1, -0.05) is 35.3 Å². The number of nitrogens with zero attached hydrogens (tertiary/aromatic N) is 3. The fraction of sp³-hybridized carbons (Fsp3) is 0.167. The van der Waals surface area contributed by atoms with Gasteiger partial charge in [-0.15, -0.1) is 0 Å². The third-order valence-electron chi connectivity index (χ3n) is 3.87. The number of methoxy groups -OCH3 is 3. The molecule has 0 bridgehead atoms. The van der Waals surface area contributed by atoms with E-state index in [0.717, 1.165) is 0 Å². The molecule has 0 unspecified atom stereocenters. The van der Waals surface area contributed by atoms with E-state index < -0.39 is 0 Å². The molecule has 0 saturated carbocycles. The molecule has 28 heavy (non-hydrogen) atoms. The number of aromatic amines is 1. The number of halogens is 2. The maximum Gasteiger partial charge on any atom is 0.216 e. The van der Waals surface area contributed by atoms with Gasteiger partial charge in [0.05, 0.1) is 37.6 Å². The van der Waals surface area contributed by atoms with E-state index in [-0.39, 0.29) is 0 Å². The monoisotopic (exact) mass is 438 g/mol. The van der Waals surface area contributed by atoms with Crippen LogP contribution in [-0.2, 0) is 0 Å². The van der Waals surface area contributed by atoms with Crippen LogP contribution in [0, 0.1) is 4.77 Å². The van der Waals surface area contributed by atoms with Gasteiger partial charge < -0.3 is 14.2 Å². The molecule has 0 fully saturated rings. The van der Waals surface area contributed by atoms with Crippen molar-refractivity contribution in [3.63, 3.8) is 0 Å². The van der Waals surface area contributed by atoms with Crippen LogP contribution in [0.1, 0.15) is 5.56 Å². The van der Waals surface area contributed by atoms with E-state index in [1.165, 1.54) is 26.0 Å². The lowest BCUT2D eigenvalue weighted by Crippen LogP contribution is -1.99. The Hall–Kier alpha value is -2.55. The van der Waals surface area contributed by atoms with Crippen LogP contribution < -0.4 is 14.2 Å². The Morgan fingerprint density at radius 1 is 1.11 bits per heavy atom. The average molecular weight is 439 g/mol. The molecular formula is C18H16Cl2N4O3S. The summed E-state index contributed by atoms with van der Waals surface area (Å²) in [6.45, 7) is 0. The molecule has 0 aliphatic carbocycles. The van der Waals surface area contributed by atoms with Gasteiger partial charge in [-0.05, 0) is 30.4 Å². The number of hydrogen-bond acceptors (Lipinski definition) is 6. The van der Waals surface area contributed by atoms with Gasteiger partial charge in [0.2, 0.25) is 10.5 Å². The summed E-state index contributed by atoms with van der Waals surface area (Å²) in [5.74, 6) is 1.90. The van der Waals surface area contributed by atoms with E-state index in [2.05, 4.69) is 15.3 Å². The molecule has 1 heterocycles. The van der Waals surface area contributed by atoms with Gasteiger partial charge in [-0.25, -0.2) is 5.10 Å². The molecule has 0 aliphatic heterocycles. The molecule has 10 heteroatoms. The first-order valence-electron chi connectivity index (χ1n) is 7.96. The van der Waals surface area contributed by atoms with Crippen LogP contribution in [0.5, 0.6) is 17.2 Å². The lowest BCUT2D eigenvalue weighted by atomic mass is 10.1. The van der Waals surface area contributed by atoms with Crippen molar-refractivity contribution in [2.75, 3.05) is 21.3 Å². The normalized spacial score (nSPS) is 11.0. The van der Waals surface area contributed by atoms with Crippen LogP contribution >= 0.6 is 35.4 Å². The molecular weight excluding hydrogens is 423 g/mol. The Bertz CT molecular complexity index is 1070. The van der Waals surface area contributed by atoms with Crippen molar-refractivity contribution in [2.45, 2.75) is 0 Å². The SMILES string of the molecule is COc1cc(-c2n[nH]c(=S)n2/N=C\c2cccc(Cl)c2Cl)cc(OC)c1OC. The minimum atomic E-state index is 0.304. The second kappa shape index (κ2) is 8.64. The number of H-pyrrole nitrogens is 1. The number of nitrogens with one attached hydrogen (secondary N) is 1. The van der Waals surface area contributed by atoms with Crippen molar-refractivity contribution >= 4 is 41.6 Å². The molecule has 0 spiro atoms. The Labute approximate surface area is 176 Å². The number of benzene rings is 2. The Kier molecular flexibility index (Phi) is 6.23. The summed E-state index contributed by atoms with van der Waals surface area (Å²) in [6.07, 6.45) is 1.56. The Balaban J connectivity index is 2.10. The minimum absolute atomic E-state index is 0.304. The predicted octanol–water partition coefficient (Wildman–Crippen LogP) is 4.82. The van der Waals surface area contributed by atoms with Crippen LogP contribution in [0.2, 0.25) is 10.0 Å². The second-order valence-corrected chi connectivity index (χ2v) is 6.64. The molecule has 2 aromatic carbocycles. The second-order valence-electron chi connectivity index (χ2n) is 5.47. The van der Waals surface area contributed by atoms with Crippen molar-refractivity contribution in [3.05, 3.63) is 50.7 Å². The molecule has 3 aromatic rings. The topological polar surface area (TPSA) is 73.7 Å². The smallest absolute Gasteiger partial charge is 0.216 e. The zero-order chi connectivity index (χ0) is 20.3. The van der Waals surface area contributed by atoms with Crippen LogP contribution in [-0.4, -0.2) is 42.4 Å². The van der Waals surface area contributed by atoms with E-state index in [0.29, 0.717) is 49.0 Å². The largest absolute Gasteiger partial charge is 0.493 e. The van der Waals surface area contributed by atoms with Crippen molar-refractivity contribution < 1.29 is 14.2 Å². The maximum atomic E-state index is 6.21. The van der Waals surface area contributed by atoms with Crippen LogP contribution in [0.25, 0.3) is 11.4 Å². The molecule has 146 valence electrons. The summed E-state index contributed by atoms with van der Waals surface area (Å²) in [6, 6.07) is 8.78. The van der Waals surface area contributed by atoms with Crippen LogP contribution in [0.3, 0.4) is 0 Å². The fourth-order valence-corrected chi connectivity index (χ4v) is 3.07. The summed E-state index contributed by atoms with van der Waals surface area (Å²) in [7, 11) is 4.62. The first-order valence-corrected chi connectivity index (χ1v) is 9.12.